The van der Waals surface area contributed by atoms with Gasteiger partial charge in [0.1, 0.15) is 6.04 Å². The number of hydrogen-bond acceptors (Lipinski definition) is 3. The number of unbranched alkanes of at least 4 members (excludes halogenated alkanes) is 1. The van der Waals surface area contributed by atoms with Crippen LogP contribution < -0.4 is 11.1 Å². The van der Waals surface area contributed by atoms with Gasteiger partial charge in [0.2, 0.25) is 5.91 Å². The first-order chi connectivity index (χ1) is 6.57. The number of carbonyl (C=O) groups is 2. The van der Waals surface area contributed by atoms with E-state index in [0.29, 0.717) is 6.54 Å². The molecule has 1 atom stereocenters. The summed E-state index contributed by atoms with van der Waals surface area (Å²) in [6.07, 6.45) is 2.31. The summed E-state index contributed by atoms with van der Waals surface area (Å²) in [5.74, 6) is -1.39. The zero-order chi connectivity index (χ0) is 11.0. The Hall–Kier alpha value is -0.810. The van der Waals surface area contributed by atoms with Gasteiger partial charge in [0.05, 0.1) is 0 Å². The van der Waals surface area contributed by atoms with Crippen molar-refractivity contribution in [3.8, 4) is 0 Å². The number of halogens is 1. The molecule has 0 spiro atoms. The van der Waals surface area contributed by atoms with Gasteiger partial charge in [-0.3, -0.25) is 9.59 Å². The maximum Gasteiger partial charge on any atom is 0.320 e. The summed E-state index contributed by atoms with van der Waals surface area (Å²) in [5, 5.41) is 11.6. The third kappa shape index (κ3) is 9.49. The first kappa shape index (κ1) is 16.6. The van der Waals surface area contributed by atoms with E-state index < -0.39 is 17.9 Å². The molecule has 6 heteroatoms. The second-order valence-corrected chi connectivity index (χ2v) is 3.20. The number of rotatable bonds is 8. The number of primary amides is 1. The number of nitrogens with one attached hydrogen (secondary N) is 1. The van der Waals surface area contributed by atoms with E-state index in [1.807, 2.05) is 6.92 Å². The Morgan fingerprint density at radius 2 is 2.07 bits per heavy atom. The highest BCUT2D eigenvalue weighted by Crippen LogP contribution is 1.97. The van der Waals surface area contributed by atoms with Crippen molar-refractivity contribution < 1.29 is 14.7 Å². The molecule has 1 unspecified atom stereocenters. The number of aliphatic carboxylic acids is 1. The lowest BCUT2D eigenvalue weighted by Gasteiger charge is -2.12. The highest BCUT2D eigenvalue weighted by molar-refractivity contribution is 5.85. The molecule has 0 aromatic carbocycles. The Labute approximate surface area is 95.8 Å². The van der Waals surface area contributed by atoms with Crippen molar-refractivity contribution in [2.75, 3.05) is 6.54 Å². The Bertz CT molecular complexity index is 200. The van der Waals surface area contributed by atoms with Gasteiger partial charge in [-0.1, -0.05) is 13.3 Å². The van der Waals surface area contributed by atoms with Crippen molar-refractivity contribution in [3.63, 3.8) is 0 Å². The second kappa shape index (κ2) is 9.73. The number of amides is 1. The first-order valence-corrected chi connectivity index (χ1v) is 4.82. The van der Waals surface area contributed by atoms with Crippen LogP contribution in [-0.4, -0.2) is 29.6 Å². The van der Waals surface area contributed by atoms with Crippen molar-refractivity contribution in [2.24, 2.45) is 5.73 Å². The van der Waals surface area contributed by atoms with Gasteiger partial charge >= 0.3 is 5.97 Å². The van der Waals surface area contributed by atoms with Gasteiger partial charge in [0.15, 0.2) is 0 Å². The Balaban J connectivity index is 0. The van der Waals surface area contributed by atoms with E-state index in [4.69, 9.17) is 10.8 Å². The summed E-state index contributed by atoms with van der Waals surface area (Å²) >= 11 is 0. The van der Waals surface area contributed by atoms with Crippen molar-refractivity contribution >= 4 is 24.3 Å². The second-order valence-electron chi connectivity index (χ2n) is 3.20. The quantitative estimate of drug-likeness (QED) is 0.538. The minimum atomic E-state index is -0.928. The Morgan fingerprint density at radius 1 is 1.47 bits per heavy atom. The van der Waals surface area contributed by atoms with E-state index >= 15 is 0 Å². The molecule has 15 heavy (non-hydrogen) atoms. The predicted octanol–water partition coefficient (Wildman–Crippen LogP) is 0.517. The molecule has 0 aromatic heterocycles. The van der Waals surface area contributed by atoms with Gasteiger partial charge < -0.3 is 16.2 Å². The minimum absolute atomic E-state index is 0. The first-order valence-electron chi connectivity index (χ1n) is 4.82. The topological polar surface area (TPSA) is 92.4 Å². The lowest BCUT2D eigenvalue weighted by Crippen LogP contribution is -2.38. The average Bonchev–Trinajstić information content (AvgIpc) is 2.10. The van der Waals surface area contributed by atoms with Crippen molar-refractivity contribution in [1.29, 1.82) is 0 Å². The van der Waals surface area contributed by atoms with Crippen LogP contribution in [0.25, 0.3) is 0 Å². The van der Waals surface area contributed by atoms with E-state index in [9.17, 15) is 9.59 Å². The Morgan fingerprint density at radius 3 is 2.47 bits per heavy atom. The number of hydrogen-bond donors (Lipinski definition) is 3. The molecule has 90 valence electrons. The fourth-order valence-electron chi connectivity index (χ4n) is 1.05. The monoisotopic (exact) mass is 238 g/mol. The van der Waals surface area contributed by atoms with E-state index in [-0.39, 0.29) is 25.2 Å². The van der Waals surface area contributed by atoms with Crippen LogP contribution in [0.2, 0.25) is 0 Å². The summed E-state index contributed by atoms with van der Waals surface area (Å²) < 4.78 is 0. The standard InChI is InChI=1S/C9H18N2O3.ClH/c1-2-3-6-11-7(9(13)14)4-5-8(10)12;/h7,11H,2-6H2,1H3,(H2,10,12)(H,13,14);1H. The van der Waals surface area contributed by atoms with E-state index in [1.165, 1.54) is 0 Å². The predicted molar refractivity (Wildman–Crippen MR) is 60.0 cm³/mol. The minimum Gasteiger partial charge on any atom is -0.480 e. The largest absolute Gasteiger partial charge is 0.480 e. The van der Waals surface area contributed by atoms with Crippen LogP contribution in [0.4, 0.5) is 0 Å². The molecular formula is C9H19ClN2O3. The highest BCUT2D eigenvalue weighted by atomic mass is 35.5. The van der Waals surface area contributed by atoms with Crippen LogP contribution in [0.5, 0.6) is 0 Å². The van der Waals surface area contributed by atoms with Gasteiger partial charge in [-0.25, -0.2) is 0 Å². The molecule has 0 saturated carbocycles. The summed E-state index contributed by atoms with van der Waals surface area (Å²) in [6.45, 7) is 2.69. The SMILES string of the molecule is CCCCNC(CCC(N)=O)C(=O)O.Cl. The number of carboxylic acid groups (broad SMARTS) is 1. The molecule has 0 saturated heterocycles. The highest BCUT2D eigenvalue weighted by Gasteiger charge is 2.16. The number of carbonyl (C=O) groups excluding carboxylic acids is 1. The molecule has 0 radical (unpaired) electrons. The molecule has 0 aliphatic rings. The molecule has 4 N–H and O–H groups in total. The molecule has 5 nitrogen and oxygen atoms in total. The lowest BCUT2D eigenvalue weighted by atomic mass is 10.1. The molecule has 1 amide bonds. The Kier molecular flexibility index (Phi) is 10.8. The fraction of sp³-hybridized carbons (Fsp3) is 0.778. The molecule has 0 fully saturated rings. The summed E-state index contributed by atoms with van der Waals surface area (Å²) in [4.78, 5) is 21.1. The van der Waals surface area contributed by atoms with Gasteiger partial charge in [-0.2, -0.15) is 0 Å². The van der Waals surface area contributed by atoms with Crippen molar-refractivity contribution in [3.05, 3.63) is 0 Å². The summed E-state index contributed by atoms with van der Waals surface area (Å²) in [5.41, 5.74) is 4.94. The summed E-state index contributed by atoms with van der Waals surface area (Å²) in [6, 6.07) is -0.658. The zero-order valence-electron chi connectivity index (χ0n) is 8.86. The maximum atomic E-state index is 10.7. The van der Waals surface area contributed by atoms with Crippen molar-refractivity contribution in [1.82, 2.24) is 5.32 Å². The normalized spacial score (nSPS) is 11.5. The van der Waals surface area contributed by atoms with E-state index in [0.717, 1.165) is 12.8 Å². The molecular weight excluding hydrogens is 220 g/mol. The third-order valence-electron chi connectivity index (χ3n) is 1.90. The zero-order valence-corrected chi connectivity index (χ0v) is 9.68. The van der Waals surface area contributed by atoms with Crippen LogP contribution >= 0.6 is 12.4 Å². The van der Waals surface area contributed by atoms with Gasteiger partial charge in [0, 0.05) is 6.42 Å². The molecule has 0 aliphatic heterocycles. The van der Waals surface area contributed by atoms with E-state index in [1.54, 1.807) is 0 Å². The summed E-state index contributed by atoms with van der Waals surface area (Å²) in [7, 11) is 0. The molecule has 0 heterocycles. The third-order valence-corrected chi connectivity index (χ3v) is 1.90. The molecule has 0 rings (SSSR count). The maximum absolute atomic E-state index is 10.7. The number of nitrogens with two attached hydrogens (primary N) is 1. The number of carboxylic acids is 1. The smallest absolute Gasteiger partial charge is 0.320 e. The van der Waals surface area contributed by atoms with Crippen LogP contribution in [-0.2, 0) is 9.59 Å². The van der Waals surface area contributed by atoms with Crippen LogP contribution in [0, 0.1) is 0 Å². The van der Waals surface area contributed by atoms with E-state index in [2.05, 4.69) is 5.32 Å². The molecule has 0 bridgehead atoms. The average molecular weight is 239 g/mol. The van der Waals surface area contributed by atoms with Gasteiger partial charge in [-0.05, 0) is 19.4 Å². The molecule has 0 aliphatic carbocycles. The van der Waals surface area contributed by atoms with Crippen LogP contribution in [0.1, 0.15) is 32.6 Å². The van der Waals surface area contributed by atoms with Gasteiger partial charge in [-0.15, -0.1) is 12.4 Å². The van der Waals surface area contributed by atoms with Crippen LogP contribution in [0.3, 0.4) is 0 Å². The molecule has 0 aromatic rings. The van der Waals surface area contributed by atoms with Crippen LogP contribution in [0.15, 0.2) is 0 Å². The fourth-order valence-corrected chi connectivity index (χ4v) is 1.05. The van der Waals surface area contributed by atoms with Crippen molar-refractivity contribution in [2.45, 2.75) is 38.6 Å². The van der Waals surface area contributed by atoms with Gasteiger partial charge in [0.25, 0.3) is 0 Å². The lowest BCUT2D eigenvalue weighted by molar-refractivity contribution is -0.139.